The van der Waals surface area contributed by atoms with E-state index >= 15 is 0 Å². The van der Waals surface area contributed by atoms with E-state index in [4.69, 9.17) is 4.74 Å². The second-order valence-corrected chi connectivity index (χ2v) is 10.4. The predicted octanol–water partition coefficient (Wildman–Crippen LogP) is 6.91. The summed E-state index contributed by atoms with van der Waals surface area (Å²) in [6.45, 7) is 7.19. The summed E-state index contributed by atoms with van der Waals surface area (Å²) < 4.78 is 6.02. The van der Waals surface area contributed by atoms with Gasteiger partial charge in [-0.25, -0.2) is 0 Å². The van der Waals surface area contributed by atoms with Gasteiger partial charge in [0, 0.05) is 18.4 Å². The Morgan fingerprint density at radius 3 is 2.38 bits per heavy atom. The Labute approximate surface area is 221 Å². The van der Waals surface area contributed by atoms with Crippen molar-refractivity contribution < 1.29 is 9.53 Å². The summed E-state index contributed by atoms with van der Waals surface area (Å²) in [5.41, 5.74) is 6.71. The van der Waals surface area contributed by atoms with Gasteiger partial charge in [-0.3, -0.25) is 9.69 Å². The van der Waals surface area contributed by atoms with Crippen LogP contribution >= 0.6 is 0 Å². The van der Waals surface area contributed by atoms with E-state index in [9.17, 15) is 4.79 Å². The quantitative estimate of drug-likeness (QED) is 0.322. The number of nitrogens with zero attached hydrogens (tertiary/aromatic N) is 1. The van der Waals surface area contributed by atoms with Crippen molar-refractivity contribution in [2.24, 2.45) is 0 Å². The molecule has 1 spiro atoms. The largest absolute Gasteiger partial charge is 0.489 e. The average molecular weight is 490 g/mol. The highest BCUT2D eigenvalue weighted by Crippen LogP contribution is 2.43. The van der Waals surface area contributed by atoms with Gasteiger partial charge in [-0.1, -0.05) is 78.7 Å². The van der Waals surface area contributed by atoms with Crippen LogP contribution in [0, 0.1) is 11.8 Å². The van der Waals surface area contributed by atoms with E-state index in [0.717, 1.165) is 36.5 Å². The molecule has 3 aromatic carbocycles. The summed E-state index contributed by atoms with van der Waals surface area (Å²) in [7, 11) is 0. The third kappa shape index (κ3) is 5.87. The van der Waals surface area contributed by atoms with E-state index in [2.05, 4.69) is 77.4 Å². The molecule has 37 heavy (non-hydrogen) atoms. The van der Waals surface area contributed by atoms with Gasteiger partial charge in [0.25, 0.3) is 0 Å². The van der Waals surface area contributed by atoms with Crippen molar-refractivity contribution in [1.82, 2.24) is 4.90 Å². The number of allylic oxidation sites excluding steroid dienone is 1. The van der Waals surface area contributed by atoms with Crippen molar-refractivity contribution in [3.05, 3.63) is 107 Å². The first kappa shape index (κ1) is 25.1. The number of hydrogen-bond acceptors (Lipinski definition) is 3. The molecule has 0 radical (unpaired) electrons. The summed E-state index contributed by atoms with van der Waals surface area (Å²) in [6.07, 6.45) is 7.57. The number of carbonyl (C=O) groups excluding carboxylic acids is 1. The van der Waals surface area contributed by atoms with Gasteiger partial charge >= 0.3 is 0 Å². The van der Waals surface area contributed by atoms with Crippen LogP contribution in [-0.2, 0) is 23.4 Å². The van der Waals surface area contributed by atoms with E-state index in [-0.39, 0.29) is 17.1 Å². The summed E-state index contributed by atoms with van der Waals surface area (Å²) in [5.74, 6) is 7.00. The minimum absolute atomic E-state index is 0.0556. The maximum absolute atomic E-state index is 11.6. The monoisotopic (exact) mass is 489 g/mol. The first-order valence-corrected chi connectivity index (χ1v) is 13.3. The van der Waals surface area contributed by atoms with Gasteiger partial charge in [-0.2, -0.15) is 0 Å². The zero-order valence-corrected chi connectivity index (χ0v) is 21.9. The van der Waals surface area contributed by atoms with Crippen LogP contribution in [-0.4, -0.2) is 23.8 Å². The molecule has 0 unspecified atom stereocenters. The molecule has 1 fully saturated rings. The molecule has 0 N–H and O–H groups in total. The van der Waals surface area contributed by atoms with Gasteiger partial charge in [0.2, 0.25) is 0 Å². The molecule has 2 aliphatic rings. The van der Waals surface area contributed by atoms with E-state index in [1.54, 1.807) is 6.92 Å². The molecule has 1 aliphatic carbocycles. The third-order valence-electron chi connectivity index (χ3n) is 7.75. The number of Topliss-reactive ketones (excluding diaryl/α,β-unsaturated/α-hetero) is 1. The Balaban J connectivity index is 1.11. The second kappa shape index (κ2) is 11.2. The smallest absolute Gasteiger partial charge is 0.131 e. The standard InChI is InChI=1S/C34H35NO2/c1-3-6-31(23-26(2)36)29-13-15-32(16-14-29)37-25-28-11-9-27(10-12-28)24-35-21-19-34(20-22-35)18-17-30-7-4-5-8-33(30)34/h4-5,7-18,31H,19-25H2,1-2H3/t31-/m0/s1. The Hall–Kier alpha value is -3.61. The van der Waals surface area contributed by atoms with E-state index in [1.165, 1.54) is 29.5 Å². The lowest BCUT2D eigenvalue weighted by Crippen LogP contribution is -2.40. The van der Waals surface area contributed by atoms with Crippen molar-refractivity contribution in [2.75, 3.05) is 13.1 Å². The van der Waals surface area contributed by atoms with Crippen molar-refractivity contribution in [3.63, 3.8) is 0 Å². The highest BCUT2D eigenvalue weighted by molar-refractivity contribution is 5.77. The number of ether oxygens (including phenoxy) is 1. The molecule has 3 aromatic rings. The van der Waals surface area contributed by atoms with E-state index < -0.39 is 0 Å². The van der Waals surface area contributed by atoms with E-state index in [1.807, 2.05) is 31.2 Å². The lowest BCUT2D eigenvalue weighted by molar-refractivity contribution is -0.117. The Morgan fingerprint density at radius 2 is 1.68 bits per heavy atom. The summed E-state index contributed by atoms with van der Waals surface area (Å²) >= 11 is 0. The van der Waals surface area contributed by atoms with Gasteiger partial charge in [0.15, 0.2) is 0 Å². The lowest BCUT2D eigenvalue weighted by Gasteiger charge is -2.39. The topological polar surface area (TPSA) is 29.5 Å². The van der Waals surface area contributed by atoms with Crippen LogP contribution in [0.2, 0.25) is 0 Å². The number of likely N-dealkylation sites (tertiary alicyclic amines) is 1. The molecule has 0 saturated carbocycles. The Kier molecular flexibility index (Phi) is 7.58. The minimum Gasteiger partial charge on any atom is -0.489 e. The number of fused-ring (bicyclic) bond motifs is 2. The molecular formula is C34H35NO2. The zero-order valence-electron chi connectivity index (χ0n) is 21.9. The first-order chi connectivity index (χ1) is 18.0. The highest BCUT2D eigenvalue weighted by atomic mass is 16.5. The zero-order chi connectivity index (χ0) is 25.7. The van der Waals surface area contributed by atoms with Crippen LogP contribution in [0.3, 0.4) is 0 Å². The molecule has 3 heteroatoms. The number of benzene rings is 3. The fourth-order valence-electron chi connectivity index (χ4n) is 5.66. The molecule has 188 valence electrons. The normalized spacial score (nSPS) is 16.6. The second-order valence-electron chi connectivity index (χ2n) is 10.4. The van der Waals surface area contributed by atoms with Crippen LogP contribution in [0.15, 0.2) is 78.9 Å². The number of ketones is 1. The lowest BCUT2D eigenvalue weighted by atomic mass is 9.74. The molecular weight excluding hydrogens is 454 g/mol. The number of rotatable bonds is 8. The van der Waals surface area contributed by atoms with Gasteiger partial charge in [-0.15, -0.1) is 5.92 Å². The number of hydrogen-bond donors (Lipinski definition) is 0. The van der Waals surface area contributed by atoms with Gasteiger partial charge < -0.3 is 4.74 Å². The maximum Gasteiger partial charge on any atom is 0.131 e. The van der Waals surface area contributed by atoms with E-state index in [0.29, 0.717) is 13.0 Å². The molecule has 0 amide bonds. The fourth-order valence-corrected chi connectivity index (χ4v) is 5.66. The molecule has 3 nitrogen and oxygen atoms in total. The average Bonchev–Trinajstić information content (AvgIpc) is 3.27. The number of piperidine rings is 1. The fraction of sp³-hybridized carbons (Fsp3) is 0.324. The highest BCUT2D eigenvalue weighted by Gasteiger charge is 2.37. The summed E-state index contributed by atoms with van der Waals surface area (Å²) in [4.78, 5) is 14.1. The number of carbonyl (C=O) groups is 1. The first-order valence-electron chi connectivity index (χ1n) is 13.3. The molecule has 1 heterocycles. The van der Waals surface area contributed by atoms with Crippen LogP contribution in [0.5, 0.6) is 5.75 Å². The molecule has 1 aliphatic heterocycles. The predicted molar refractivity (Wildman–Crippen MR) is 150 cm³/mol. The molecule has 5 rings (SSSR count). The Morgan fingerprint density at radius 1 is 0.973 bits per heavy atom. The van der Waals surface area contributed by atoms with Crippen molar-refractivity contribution >= 4 is 11.9 Å². The van der Waals surface area contributed by atoms with Crippen LogP contribution in [0.25, 0.3) is 6.08 Å². The maximum atomic E-state index is 11.6. The summed E-state index contributed by atoms with van der Waals surface area (Å²) in [6, 6.07) is 25.6. The van der Waals surface area contributed by atoms with Crippen molar-refractivity contribution in [1.29, 1.82) is 0 Å². The van der Waals surface area contributed by atoms with Crippen LogP contribution < -0.4 is 4.74 Å². The summed E-state index contributed by atoms with van der Waals surface area (Å²) in [5, 5.41) is 0. The van der Waals surface area contributed by atoms with Gasteiger partial charge in [0.05, 0.1) is 5.92 Å². The van der Waals surface area contributed by atoms with Gasteiger partial charge in [-0.05, 0) is 79.7 Å². The van der Waals surface area contributed by atoms with Crippen LogP contribution in [0.1, 0.15) is 66.8 Å². The minimum atomic E-state index is -0.0556. The molecule has 1 atom stereocenters. The molecule has 1 saturated heterocycles. The van der Waals surface area contributed by atoms with Crippen LogP contribution in [0.4, 0.5) is 0 Å². The van der Waals surface area contributed by atoms with Crippen molar-refractivity contribution in [2.45, 2.75) is 57.6 Å². The molecule has 0 bridgehead atoms. The SMILES string of the molecule is CC#C[C@@H](CC(C)=O)c1ccc(OCc2ccc(CN3CCC4(C=Cc5ccccc54)CC3)cc2)cc1. The molecule has 0 aromatic heterocycles. The third-order valence-corrected chi connectivity index (χ3v) is 7.75. The Bertz CT molecular complexity index is 1320. The van der Waals surface area contributed by atoms with Gasteiger partial charge in [0.1, 0.15) is 18.1 Å². The van der Waals surface area contributed by atoms with Crippen molar-refractivity contribution in [3.8, 4) is 17.6 Å².